The molecule has 0 bridgehead atoms. The van der Waals surface area contributed by atoms with E-state index in [4.69, 9.17) is 15.2 Å². The summed E-state index contributed by atoms with van der Waals surface area (Å²) < 4.78 is 11.0. The van der Waals surface area contributed by atoms with E-state index in [2.05, 4.69) is 18.8 Å². The molecule has 0 saturated heterocycles. The molecule has 0 saturated carbocycles. The second-order valence-electron chi connectivity index (χ2n) is 4.75. The molecule has 1 atom stereocenters. The standard InChI is InChI=1S/C14H24N2O2/c1-4-13(15)14-6-5-12(9-16-14)18-8-7-17-10-11(2)3/h5-6,9,11,13H,4,7-8,10,15H2,1-3H3. The van der Waals surface area contributed by atoms with Crippen molar-refractivity contribution in [3.05, 3.63) is 24.0 Å². The SMILES string of the molecule is CCC(N)c1ccc(OCCOCC(C)C)cn1. The Morgan fingerprint density at radius 3 is 2.61 bits per heavy atom. The molecule has 0 fully saturated rings. The molecule has 1 unspecified atom stereocenters. The minimum absolute atomic E-state index is 0.00780. The minimum atomic E-state index is 0.00780. The van der Waals surface area contributed by atoms with Crippen molar-refractivity contribution in [2.75, 3.05) is 19.8 Å². The minimum Gasteiger partial charge on any atom is -0.490 e. The smallest absolute Gasteiger partial charge is 0.137 e. The molecule has 18 heavy (non-hydrogen) atoms. The number of aromatic nitrogens is 1. The lowest BCUT2D eigenvalue weighted by molar-refractivity contribution is 0.0818. The van der Waals surface area contributed by atoms with Gasteiger partial charge in [-0.05, 0) is 24.5 Å². The zero-order chi connectivity index (χ0) is 13.4. The summed E-state index contributed by atoms with van der Waals surface area (Å²) in [7, 11) is 0. The summed E-state index contributed by atoms with van der Waals surface area (Å²) in [6.07, 6.45) is 2.60. The van der Waals surface area contributed by atoms with Crippen molar-refractivity contribution in [2.24, 2.45) is 11.7 Å². The van der Waals surface area contributed by atoms with Gasteiger partial charge in [-0.15, -0.1) is 0 Å². The molecule has 0 aliphatic carbocycles. The van der Waals surface area contributed by atoms with Crippen LogP contribution in [0.3, 0.4) is 0 Å². The highest BCUT2D eigenvalue weighted by Gasteiger charge is 2.04. The molecule has 0 aliphatic rings. The van der Waals surface area contributed by atoms with Crippen LogP contribution in [0.1, 0.15) is 38.9 Å². The number of nitrogens with two attached hydrogens (primary N) is 1. The van der Waals surface area contributed by atoms with Crippen molar-refractivity contribution < 1.29 is 9.47 Å². The Morgan fingerprint density at radius 2 is 2.06 bits per heavy atom. The molecule has 0 aliphatic heterocycles. The van der Waals surface area contributed by atoms with E-state index < -0.39 is 0 Å². The van der Waals surface area contributed by atoms with E-state index in [1.54, 1.807) is 6.20 Å². The summed E-state index contributed by atoms with van der Waals surface area (Å²) in [5.74, 6) is 1.32. The van der Waals surface area contributed by atoms with Gasteiger partial charge in [-0.25, -0.2) is 0 Å². The number of pyridine rings is 1. The maximum Gasteiger partial charge on any atom is 0.137 e. The first-order valence-electron chi connectivity index (χ1n) is 6.55. The van der Waals surface area contributed by atoms with Crippen LogP contribution in [0.2, 0.25) is 0 Å². The molecule has 1 aromatic rings. The quantitative estimate of drug-likeness (QED) is 0.722. The average molecular weight is 252 g/mol. The van der Waals surface area contributed by atoms with Gasteiger partial charge in [0.2, 0.25) is 0 Å². The summed E-state index contributed by atoms with van der Waals surface area (Å²) in [6.45, 7) is 8.22. The van der Waals surface area contributed by atoms with E-state index in [-0.39, 0.29) is 6.04 Å². The lowest BCUT2D eigenvalue weighted by atomic mass is 10.1. The zero-order valence-electron chi connectivity index (χ0n) is 11.6. The number of hydrogen-bond acceptors (Lipinski definition) is 4. The molecule has 1 rings (SSSR count). The maximum absolute atomic E-state index is 5.89. The Kier molecular flexibility index (Phi) is 6.68. The normalized spacial score (nSPS) is 12.7. The average Bonchev–Trinajstić information content (AvgIpc) is 2.38. The van der Waals surface area contributed by atoms with Crippen molar-refractivity contribution in [1.29, 1.82) is 0 Å². The van der Waals surface area contributed by atoms with Crippen molar-refractivity contribution in [2.45, 2.75) is 33.2 Å². The predicted molar refractivity (Wildman–Crippen MR) is 72.6 cm³/mol. The second-order valence-corrected chi connectivity index (χ2v) is 4.75. The zero-order valence-corrected chi connectivity index (χ0v) is 11.6. The first-order valence-corrected chi connectivity index (χ1v) is 6.55. The fourth-order valence-electron chi connectivity index (χ4n) is 1.44. The van der Waals surface area contributed by atoms with E-state index in [0.717, 1.165) is 24.5 Å². The third-order valence-electron chi connectivity index (χ3n) is 2.53. The molecule has 2 N–H and O–H groups in total. The summed E-state index contributed by atoms with van der Waals surface area (Å²) in [5.41, 5.74) is 6.79. The highest BCUT2D eigenvalue weighted by Crippen LogP contribution is 2.14. The van der Waals surface area contributed by atoms with Crippen LogP contribution in [-0.2, 0) is 4.74 Å². The van der Waals surface area contributed by atoms with Gasteiger partial charge in [0.15, 0.2) is 0 Å². The predicted octanol–water partition coefficient (Wildman–Crippen LogP) is 2.54. The van der Waals surface area contributed by atoms with Crippen LogP contribution in [-0.4, -0.2) is 24.8 Å². The van der Waals surface area contributed by atoms with Crippen molar-refractivity contribution in [3.63, 3.8) is 0 Å². The number of ether oxygens (including phenoxy) is 2. The van der Waals surface area contributed by atoms with Gasteiger partial charge in [0.05, 0.1) is 18.5 Å². The van der Waals surface area contributed by atoms with Gasteiger partial charge in [-0.3, -0.25) is 4.98 Å². The lowest BCUT2D eigenvalue weighted by Crippen LogP contribution is -2.12. The van der Waals surface area contributed by atoms with Gasteiger partial charge in [0.25, 0.3) is 0 Å². The first-order chi connectivity index (χ1) is 8.63. The molecular weight excluding hydrogens is 228 g/mol. The summed E-state index contributed by atoms with van der Waals surface area (Å²) in [5, 5.41) is 0. The molecular formula is C14H24N2O2. The molecule has 0 aromatic carbocycles. The van der Waals surface area contributed by atoms with Crippen LogP contribution in [0.5, 0.6) is 5.75 Å². The Morgan fingerprint density at radius 1 is 1.28 bits per heavy atom. The second kappa shape index (κ2) is 8.06. The molecule has 102 valence electrons. The fourth-order valence-corrected chi connectivity index (χ4v) is 1.44. The van der Waals surface area contributed by atoms with Gasteiger partial charge in [-0.1, -0.05) is 20.8 Å². The Bertz CT molecular complexity index is 325. The molecule has 4 nitrogen and oxygen atoms in total. The molecule has 0 spiro atoms. The summed E-state index contributed by atoms with van der Waals surface area (Å²) in [6, 6.07) is 3.83. The van der Waals surface area contributed by atoms with Gasteiger partial charge in [-0.2, -0.15) is 0 Å². The summed E-state index contributed by atoms with van der Waals surface area (Å²) in [4.78, 5) is 4.29. The maximum atomic E-state index is 5.89. The van der Waals surface area contributed by atoms with E-state index in [0.29, 0.717) is 19.1 Å². The van der Waals surface area contributed by atoms with Crippen LogP contribution in [0.15, 0.2) is 18.3 Å². The van der Waals surface area contributed by atoms with Crippen LogP contribution >= 0.6 is 0 Å². The molecule has 0 amide bonds. The third kappa shape index (κ3) is 5.47. The largest absolute Gasteiger partial charge is 0.490 e. The lowest BCUT2D eigenvalue weighted by Gasteiger charge is -2.10. The Labute approximate surface area is 110 Å². The van der Waals surface area contributed by atoms with Crippen molar-refractivity contribution in [1.82, 2.24) is 4.98 Å². The monoisotopic (exact) mass is 252 g/mol. The number of rotatable bonds is 8. The van der Waals surface area contributed by atoms with E-state index in [1.807, 2.05) is 19.1 Å². The van der Waals surface area contributed by atoms with E-state index in [9.17, 15) is 0 Å². The highest BCUT2D eigenvalue weighted by atomic mass is 16.5. The van der Waals surface area contributed by atoms with Crippen molar-refractivity contribution >= 4 is 0 Å². The van der Waals surface area contributed by atoms with Crippen LogP contribution in [0, 0.1) is 5.92 Å². The highest BCUT2D eigenvalue weighted by molar-refractivity contribution is 5.21. The van der Waals surface area contributed by atoms with Gasteiger partial charge >= 0.3 is 0 Å². The van der Waals surface area contributed by atoms with Crippen LogP contribution in [0.4, 0.5) is 0 Å². The first kappa shape index (κ1) is 14.9. The third-order valence-corrected chi connectivity index (χ3v) is 2.53. The van der Waals surface area contributed by atoms with Gasteiger partial charge in [0, 0.05) is 12.6 Å². The molecule has 4 heteroatoms. The van der Waals surface area contributed by atoms with Crippen molar-refractivity contribution in [3.8, 4) is 5.75 Å². The molecule has 1 heterocycles. The fraction of sp³-hybridized carbons (Fsp3) is 0.643. The van der Waals surface area contributed by atoms with Gasteiger partial charge in [0.1, 0.15) is 12.4 Å². The van der Waals surface area contributed by atoms with Crippen LogP contribution in [0.25, 0.3) is 0 Å². The Balaban J connectivity index is 2.27. The van der Waals surface area contributed by atoms with Gasteiger partial charge < -0.3 is 15.2 Å². The van der Waals surface area contributed by atoms with Crippen LogP contribution < -0.4 is 10.5 Å². The number of hydrogen-bond donors (Lipinski definition) is 1. The molecule has 0 radical (unpaired) electrons. The summed E-state index contributed by atoms with van der Waals surface area (Å²) >= 11 is 0. The number of nitrogens with zero attached hydrogens (tertiary/aromatic N) is 1. The Hall–Kier alpha value is -1.13. The molecule has 1 aromatic heterocycles. The van der Waals surface area contributed by atoms with E-state index >= 15 is 0 Å². The topological polar surface area (TPSA) is 57.4 Å². The van der Waals surface area contributed by atoms with E-state index in [1.165, 1.54) is 0 Å².